The molecule has 0 aliphatic carbocycles. The molecule has 142 valence electrons. The lowest BCUT2D eigenvalue weighted by Gasteiger charge is -2.33. The van der Waals surface area contributed by atoms with Crippen LogP contribution in [0.1, 0.15) is 24.3 Å². The maximum Gasteiger partial charge on any atom is 0.272 e. The predicted molar refractivity (Wildman–Crippen MR) is 106 cm³/mol. The number of amides is 2. The molecule has 2 aromatic rings. The number of benzene rings is 1. The second-order valence-corrected chi connectivity index (χ2v) is 6.54. The average Bonchev–Trinajstić information content (AvgIpc) is 2.69. The van der Waals surface area contributed by atoms with Crippen molar-refractivity contribution in [2.24, 2.45) is 0 Å². The van der Waals surface area contributed by atoms with Gasteiger partial charge in [0.1, 0.15) is 5.69 Å². The Morgan fingerprint density at radius 2 is 1.59 bits per heavy atom. The van der Waals surface area contributed by atoms with Crippen molar-refractivity contribution in [3.8, 4) is 0 Å². The molecular weight excluding hydrogens is 342 g/mol. The number of hydrogen-bond acceptors (Lipinski definition) is 5. The number of carbonyl (C=O) groups is 2. The summed E-state index contributed by atoms with van der Waals surface area (Å²) in [6, 6.07) is 11.0. The van der Waals surface area contributed by atoms with E-state index in [-0.39, 0.29) is 11.8 Å². The van der Waals surface area contributed by atoms with E-state index in [2.05, 4.69) is 27.4 Å². The number of nitrogens with zero attached hydrogens (tertiary/aromatic N) is 3. The fourth-order valence-corrected chi connectivity index (χ4v) is 3.03. The Balaban J connectivity index is 1.58. The summed E-state index contributed by atoms with van der Waals surface area (Å²) in [6.45, 7) is 7.95. The molecule has 7 heteroatoms. The average molecular weight is 367 g/mol. The zero-order valence-electron chi connectivity index (χ0n) is 15.7. The van der Waals surface area contributed by atoms with E-state index in [1.165, 1.54) is 6.92 Å². The predicted octanol–water partition coefficient (Wildman–Crippen LogP) is 2.56. The van der Waals surface area contributed by atoms with Gasteiger partial charge in [0.15, 0.2) is 0 Å². The molecule has 3 rings (SSSR count). The number of hydrogen-bond donors (Lipinski definition) is 2. The Kier molecular flexibility index (Phi) is 6.03. The molecule has 0 unspecified atom stereocenters. The lowest BCUT2D eigenvalue weighted by molar-refractivity contribution is -0.114. The van der Waals surface area contributed by atoms with Crippen molar-refractivity contribution in [2.75, 3.05) is 43.4 Å². The van der Waals surface area contributed by atoms with Crippen LogP contribution in [-0.4, -0.2) is 59.3 Å². The van der Waals surface area contributed by atoms with Gasteiger partial charge in [-0.25, -0.2) is 4.98 Å². The number of anilines is 3. The molecule has 1 aromatic carbocycles. The number of carbonyl (C=O) groups excluding carboxylic acids is 2. The molecule has 0 atom stereocenters. The molecule has 0 saturated carbocycles. The largest absolute Gasteiger partial charge is 0.354 e. The van der Waals surface area contributed by atoms with Crippen molar-refractivity contribution in [3.63, 3.8) is 0 Å². The van der Waals surface area contributed by atoms with Gasteiger partial charge in [0, 0.05) is 44.5 Å². The third kappa shape index (κ3) is 5.04. The minimum Gasteiger partial charge on any atom is -0.354 e. The van der Waals surface area contributed by atoms with Crippen LogP contribution in [-0.2, 0) is 4.79 Å². The second kappa shape index (κ2) is 8.64. The maximum absolute atomic E-state index is 12.6. The number of aromatic nitrogens is 1. The lowest BCUT2D eigenvalue weighted by atomic mass is 10.2. The molecule has 0 bridgehead atoms. The summed E-state index contributed by atoms with van der Waals surface area (Å²) in [4.78, 5) is 32.2. The van der Waals surface area contributed by atoms with E-state index in [4.69, 9.17) is 0 Å². The van der Waals surface area contributed by atoms with E-state index >= 15 is 0 Å². The SMILES string of the molecule is CCN1CCN(C(=O)c2ccc(Nc3ccc(NC(C)=O)cc3)cn2)CC1. The summed E-state index contributed by atoms with van der Waals surface area (Å²) < 4.78 is 0. The van der Waals surface area contributed by atoms with Crippen molar-refractivity contribution in [2.45, 2.75) is 13.8 Å². The number of piperazine rings is 1. The summed E-state index contributed by atoms with van der Waals surface area (Å²) in [5.74, 6) is -0.117. The number of rotatable bonds is 5. The van der Waals surface area contributed by atoms with Crippen LogP contribution in [0.25, 0.3) is 0 Å². The van der Waals surface area contributed by atoms with Crippen LogP contribution in [0.2, 0.25) is 0 Å². The molecule has 1 saturated heterocycles. The number of nitrogens with one attached hydrogen (secondary N) is 2. The Morgan fingerprint density at radius 1 is 0.963 bits per heavy atom. The Morgan fingerprint density at radius 3 is 2.15 bits per heavy atom. The van der Waals surface area contributed by atoms with E-state index in [0.717, 1.165) is 49.8 Å². The Labute approximate surface area is 159 Å². The molecular formula is C20H25N5O2. The van der Waals surface area contributed by atoms with Crippen LogP contribution in [0.3, 0.4) is 0 Å². The molecule has 1 aromatic heterocycles. The summed E-state index contributed by atoms with van der Waals surface area (Å²) in [6.07, 6.45) is 1.66. The third-order valence-electron chi connectivity index (χ3n) is 4.58. The monoisotopic (exact) mass is 367 g/mol. The van der Waals surface area contributed by atoms with Gasteiger partial charge in [0.05, 0.1) is 11.9 Å². The van der Waals surface area contributed by atoms with Crippen molar-refractivity contribution < 1.29 is 9.59 Å². The quantitative estimate of drug-likeness (QED) is 0.849. The normalized spacial score (nSPS) is 14.7. The van der Waals surface area contributed by atoms with Gasteiger partial charge in [-0.05, 0) is 42.9 Å². The molecule has 27 heavy (non-hydrogen) atoms. The van der Waals surface area contributed by atoms with Crippen LogP contribution in [0.15, 0.2) is 42.6 Å². The fourth-order valence-electron chi connectivity index (χ4n) is 3.03. The Bertz CT molecular complexity index is 781. The molecule has 1 aliphatic heterocycles. The minimum atomic E-state index is -0.101. The highest BCUT2D eigenvalue weighted by molar-refractivity contribution is 5.92. The van der Waals surface area contributed by atoms with Crippen molar-refractivity contribution in [1.82, 2.24) is 14.8 Å². The zero-order chi connectivity index (χ0) is 19.2. The van der Waals surface area contributed by atoms with Crippen LogP contribution in [0.4, 0.5) is 17.1 Å². The number of pyridine rings is 1. The van der Waals surface area contributed by atoms with E-state index in [1.807, 2.05) is 35.2 Å². The highest BCUT2D eigenvalue weighted by Crippen LogP contribution is 2.19. The summed E-state index contributed by atoms with van der Waals surface area (Å²) in [7, 11) is 0. The third-order valence-corrected chi connectivity index (χ3v) is 4.58. The smallest absolute Gasteiger partial charge is 0.272 e. The standard InChI is InChI=1S/C20H25N5O2/c1-3-24-10-12-25(13-11-24)20(27)19-9-8-18(14-21-19)23-17-6-4-16(5-7-17)22-15(2)26/h4-9,14,23H,3,10-13H2,1-2H3,(H,22,26). The zero-order valence-corrected chi connectivity index (χ0v) is 15.7. The summed E-state index contributed by atoms with van der Waals surface area (Å²) in [5.41, 5.74) is 2.89. The first-order chi connectivity index (χ1) is 13.0. The van der Waals surface area contributed by atoms with Crippen LogP contribution in [0, 0.1) is 0 Å². The second-order valence-electron chi connectivity index (χ2n) is 6.54. The first-order valence-corrected chi connectivity index (χ1v) is 9.17. The van der Waals surface area contributed by atoms with Crippen LogP contribution < -0.4 is 10.6 Å². The number of likely N-dealkylation sites (N-methyl/N-ethyl adjacent to an activating group) is 1. The molecule has 2 heterocycles. The Hall–Kier alpha value is -2.93. The van der Waals surface area contributed by atoms with Crippen molar-refractivity contribution in [1.29, 1.82) is 0 Å². The van der Waals surface area contributed by atoms with E-state index < -0.39 is 0 Å². The van der Waals surface area contributed by atoms with E-state index in [9.17, 15) is 9.59 Å². The lowest BCUT2D eigenvalue weighted by Crippen LogP contribution is -2.48. The van der Waals surface area contributed by atoms with Gasteiger partial charge < -0.3 is 20.4 Å². The van der Waals surface area contributed by atoms with Gasteiger partial charge in [-0.3, -0.25) is 9.59 Å². The highest BCUT2D eigenvalue weighted by atomic mass is 16.2. The molecule has 1 aliphatic rings. The maximum atomic E-state index is 12.6. The van der Waals surface area contributed by atoms with Gasteiger partial charge in [0.25, 0.3) is 5.91 Å². The summed E-state index contributed by atoms with van der Waals surface area (Å²) >= 11 is 0. The van der Waals surface area contributed by atoms with E-state index in [0.29, 0.717) is 5.69 Å². The summed E-state index contributed by atoms with van der Waals surface area (Å²) in [5, 5.41) is 5.97. The molecule has 2 amide bonds. The van der Waals surface area contributed by atoms with Gasteiger partial charge in [-0.1, -0.05) is 6.92 Å². The van der Waals surface area contributed by atoms with Crippen LogP contribution >= 0.6 is 0 Å². The first-order valence-electron chi connectivity index (χ1n) is 9.17. The molecule has 7 nitrogen and oxygen atoms in total. The van der Waals surface area contributed by atoms with Crippen molar-refractivity contribution >= 4 is 28.9 Å². The highest BCUT2D eigenvalue weighted by Gasteiger charge is 2.22. The minimum absolute atomic E-state index is 0.0167. The van der Waals surface area contributed by atoms with Gasteiger partial charge >= 0.3 is 0 Å². The van der Waals surface area contributed by atoms with Crippen LogP contribution in [0.5, 0.6) is 0 Å². The van der Waals surface area contributed by atoms with Gasteiger partial charge in [0.2, 0.25) is 5.91 Å². The first kappa shape index (κ1) is 18.8. The van der Waals surface area contributed by atoms with E-state index in [1.54, 1.807) is 12.3 Å². The van der Waals surface area contributed by atoms with Gasteiger partial charge in [-0.15, -0.1) is 0 Å². The van der Waals surface area contributed by atoms with Crippen molar-refractivity contribution in [3.05, 3.63) is 48.3 Å². The topological polar surface area (TPSA) is 77.6 Å². The molecule has 0 spiro atoms. The molecule has 0 radical (unpaired) electrons. The molecule has 1 fully saturated rings. The molecule has 2 N–H and O–H groups in total. The van der Waals surface area contributed by atoms with Gasteiger partial charge in [-0.2, -0.15) is 0 Å². The fraction of sp³-hybridized carbons (Fsp3) is 0.350.